The van der Waals surface area contributed by atoms with Gasteiger partial charge in [0.05, 0.1) is 13.3 Å². The Bertz CT molecular complexity index is 983. The number of aliphatic hydroxyl groups excluding tert-OH is 2. The van der Waals surface area contributed by atoms with Gasteiger partial charge >= 0.3 is 15.6 Å². The molecular weight excluding hydrogens is 464 g/mol. The molecule has 0 spiro atoms. The topological polar surface area (TPSA) is 218 Å². The molecule has 1 aromatic heterocycles. The molecular formula is C13H23N5O11P2. The molecule has 3 heterocycles. The normalized spacial score (nSPS) is 28.0. The molecule has 5 atom stereocenters. The van der Waals surface area contributed by atoms with E-state index >= 15 is 0 Å². The van der Waals surface area contributed by atoms with Crippen LogP contribution in [0, 0.1) is 0 Å². The van der Waals surface area contributed by atoms with E-state index in [-0.39, 0.29) is 24.1 Å². The Hall–Kier alpha value is -1.58. The maximum atomic E-state index is 12.4. The zero-order valence-corrected chi connectivity index (χ0v) is 18.4. The van der Waals surface area contributed by atoms with Gasteiger partial charge < -0.3 is 44.3 Å². The van der Waals surface area contributed by atoms with Crippen LogP contribution in [0.1, 0.15) is 0 Å². The summed E-state index contributed by atoms with van der Waals surface area (Å²) >= 11 is 0. The highest BCUT2D eigenvalue weighted by molar-refractivity contribution is 7.60. The molecule has 0 bridgehead atoms. The standard InChI is InChI=1S/C13H23N5O11P2/c1-16(2)13-14-10-7(11(21)15-13)17(3)5-18(10)12-9(20)8(19)6(28-12)4-27-31(25,26)29-30(22,23)24/h6,8-9,12,19-20H,4-5H2,1-3H3,(H,25,26)(H,14,15,21)(H2,22,23,24)/t6-,8-,9-,12-/m1/s1. The Balaban J connectivity index is 1.79. The molecule has 1 saturated heterocycles. The third-order valence-electron chi connectivity index (χ3n) is 4.56. The van der Waals surface area contributed by atoms with Gasteiger partial charge in [0.2, 0.25) is 5.95 Å². The van der Waals surface area contributed by atoms with Crippen LogP contribution in [0.5, 0.6) is 0 Å². The maximum absolute atomic E-state index is 12.4. The van der Waals surface area contributed by atoms with Crippen molar-refractivity contribution in [3.05, 3.63) is 10.4 Å². The predicted octanol–water partition coefficient (Wildman–Crippen LogP) is -2.28. The number of aromatic nitrogens is 2. The first-order valence-electron chi connectivity index (χ1n) is 8.75. The van der Waals surface area contributed by atoms with Crippen LogP contribution in [-0.2, 0) is 22.7 Å². The molecule has 16 nitrogen and oxygen atoms in total. The van der Waals surface area contributed by atoms with Crippen molar-refractivity contribution in [3.63, 3.8) is 0 Å². The first-order valence-corrected chi connectivity index (χ1v) is 11.8. The number of aromatic amines is 1. The molecule has 31 heavy (non-hydrogen) atoms. The van der Waals surface area contributed by atoms with E-state index in [0.717, 1.165) is 0 Å². The number of aliphatic hydroxyl groups is 2. The number of rotatable bonds is 7. The van der Waals surface area contributed by atoms with Crippen LogP contribution in [0.25, 0.3) is 0 Å². The molecule has 0 aliphatic carbocycles. The van der Waals surface area contributed by atoms with E-state index in [1.54, 1.807) is 30.9 Å². The van der Waals surface area contributed by atoms with Crippen molar-refractivity contribution in [1.29, 1.82) is 0 Å². The van der Waals surface area contributed by atoms with Gasteiger partial charge in [-0.1, -0.05) is 0 Å². The van der Waals surface area contributed by atoms with Gasteiger partial charge in [-0.05, 0) is 0 Å². The predicted molar refractivity (Wildman–Crippen MR) is 105 cm³/mol. The Morgan fingerprint density at radius 1 is 1.26 bits per heavy atom. The lowest BCUT2D eigenvalue weighted by Crippen LogP contribution is -2.45. The SMILES string of the molecule is CN(C)c1nc2c(c(=O)[nH]1)N(C)CN2[C@@H]1O[C@H](COP(=O)(O)OP(=O)(O)O)[C@@H](O)[C@H]1O. The third kappa shape index (κ3) is 5.09. The second-order valence-corrected chi connectivity index (χ2v) is 9.98. The van der Waals surface area contributed by atoms with Crippen molar-refractivity contribution in [2.24, 2.45) is 0 Å². The van der Waals surface area contributed by atoms with Crippen molar-refractivity contribution in [2.75, 3.05) is 49.1 Å². The van der Waals surface area contributed by atoms with Crippen LogP contribution < -0.4 is 20.3 Å². The molecule has 176 valence electrons. The summed E-state index contributed by atoms with van der Waals surface area (Å²) in [6.45, 7) is -0.755. The number of ether oxygens (including phenoxy) is 1. The van der Waals surface area contributed by atoms with Gasteiger partial charge in [0.1, 0.15) is 24.0 Å². The fourth-order valence-corrected chi connectivity index (χ4v) is 4.82. The first-order chi connectivity index (χ1) is 14.2. The number of phosphoric ester groups is 1. The minimum absolute atomic E-state index is 0.0735. The van der Waals surface area contributed by atoms with Crippen LogP contribution in [0.15, 0.2) is 4.79 Å². The number of nitrogens with zero attached hydrogens (tertiary/aromatic N) is 4. The Labute approximate surface area is 175 Å². The van der Waals surface area contributed by atoms with Crippen molar-refractivity contribution in [3.8, 4) is 0 Å². The number of hydrogen-bond acceptors (Lipinski definition) is 12. The van der Waals surface area contributed by atoms with Gasteiger partial charge in [-0.25, -0.2) is 9.13 Å². The molecule has 0 aromatic carbocycles. The molecule has 1 aromatic rings. The van der Waals surface area contributed by atoms with Gasteiger partial charge in [-0.2, -0.15) is 9.29 Å². The van der Waals surface area contributed by atoms with Crippen molar-refractivity contribution < 1.29 is 47.6 Å². The van der Waals surface area contributed by atoms with Crippen molar-refractivity contribution in [2.45, 2.75) is 24.5 Å². The van der Waals surface area contributed by atoms with Gasteiger partial charge in [0.25, 0.3) is 5.56 Å². The van der Waals surface area contributed by atoms with Crippen molar-refractivity contribution >= 4 is 33.1 Å². The van der Waals surface area contributed by atoms with E-state index in [9.17, 15) is 29.0 Å². The minimum Gasteiger partial charge on any atom is -0.387 e. The van der Waals surface area contributed by atoms with E-state index in [1.165, 1.54) is 4.90 Å². The number of hydrogen-bond donors (Lipinski definition) is 6. The summed E-state index contributed by atoms with van der Waals surface area (Å²) in [6, 6.07) is 0. The van der Waals surface area contributed by atoms with E-state index < -0.39 is 52.4 Å². The Morgan fingerprint density at radius 2 is 1.90 bits per heavy atom. The van der Waals surface area contributed by atoms with E-state index in [0.29, 0.717) is 0 Å². The molecule has 2 aliphatic heterocycles. The van der Waals surface area contributed by atoms with Crippen LogP contribution in [-0.4, -0.2) is 93.8 Å². The van der Waals surface area contributed by atoms with Crippen LogP contribution in [0.4, 0.5) is 17.5 Å². The minimum atomic E-state index is -5.32. The largest absolute Gasteiger partial charge is 0.481 e. The zero-order valence-electron chi connectivity index (χ0n) is 16.6. The summed E-state index contributed by atoms with van der Waals surface area (Å²) in [7, 11) is -5.54. The van der Waals surface area contributed by atoms with E-state index in [2.05, 4.69) is 18.8 Å². The summed E-state index contributed by atoms with van der Waals surface area (Å²) in [6.07, 6.45) is -5.69. The van der Waals surface area contributed by atoms with Crippen LogP contribution >= 0.6 is 15.6 Å². The molecule has 18 heteroatoms. The molecule has 1 unspecified atom stereocenters. The number of fused-ring (bicyclic) bond motifs is 1. The molecule has 2 aliphatic rings. The number of H-pyrrole nitrogens is 1. The molecule has 0 radical (unpaired) electrons. The molecule has 6 N–H and O–H groups in total. The highest BCUT2D eigenvalue weighted by Gasteiger charge is 2.49. The van der Waals surface area contributed by atoms with Crippen molar-refractivity contribution in [1.82, 2.24) is 9.97 Å². The number of nitrogens with one attached hydrogen (secondary N) is 1. The molecule has 0 amide bonds. The summed E-state index contributed by atoms with van der Waals surface area (Å²) < 4.78 is 36.0. The lowest BCUT2D eigenvalue weighted by atomic mass is 10.1. The molecule has 0 saturated carbocycles. The highest BCUT2D eigenvalue weighted by atomic mass is 31.3. The monoisotopic (exact) mass is 487 g/mol. The average molecular weight is 487 g/mol. The van der Waals surface area contributed by atoms with Crippen LogP contribution in [0.2, 0.25) is 0 Å². The molecule has 3 rings (SSSR count). The number of phosphoric acid groups is 2. The summed E-state index contributed by atoms with van der Waals surface area (Å²) in [5, 5.41) is 20.7. The lowest BCUT2D eigenvalue weighted by Gasteiger charge is -2.27. The van der Waals surface area contributed by atoms with Gasteiger partial charge in [-0.3, -0.25) is 14.3 Å². The van der Waals surface area contributed by atoms with Gasteiger partial charge in [0, 0.05) is 21.1 Å². The first kappa shape index (κ1) is 24.1. The quantitative estimate of drug-likeness (QED) is 0.223. The lowest BCUT2D eigenvalue weighted by molar-refractivity contribution is -0.0217. The highest BCUT2D eigenvalue weighted by Crippen LogP contribution is 2.57. The Kier molecular flexibility index (Phi) is 6.53. The summed E-state index contributed by atoms with van der Waals surface area (Å²) in [4.78, 5) is 50.6. The fourth-order valence-electron chi connectivity index (χ4n) is 3.22. The second-order valence-electron chi connectivity index (χ2n) is 7.15. The van der Waals surface area contributed by atoms with E-state index in [1.807, 2.05) is 0 Å². The summed E-state index contributed by atoms with van der Waals surface area (Å²) in [5.41, 5.74) is -0.215. The molecule has 1 fully saturated rings. The van der Waals surface area contributed by atoms with Gasteiger partial charge in [-0.15, -0.1) is 0 Å². The Morgan fingerprint density at radius 3 is 2.48 bits per heavy atom. The smallest absolute Gasteiger partial charge is 0.387 e. The van der Waals surface area contributed by atoms with E-state index in [4.69, 9.17) is 14.5 Å². The van der Waals surface area contributed by atoms with Crippen LogP contribution in [0.3, 0.4) is 0 Å². The maximum Gasteiger partial charge on any atom is 0.481 e. The summed E-state index contributed by atoms with van der Waals surface area (Å²) in [5.74, 6) is 0.429. The second kappa shape index (κ2) is 8.41. The zero-order chi connectivity index (χ0) is 23.3. The number of anilines is 3. The average Bonchev–Trinajstić information content (AvgIpc) is 3.09. The fraction of sp³-hybridized carbons (Fsp3) is 0.692. The third-order valence-corrected chi connectivity index (χ3v) is 6.71. The van der Waals surface area contributed by atoms with Gasteiger partial charge in [0.15, 0.2) is 12.0 Å².